The molecule has 0 spiro atoms. The lowest BCUT2D eigenvalue weighted by Crippen LogP contribution is -2.34. The van der Waals surface area contributed by atoms with Crippen molar-refractivity contribution in [1.82, 2.24) is 9.05 Å². The van der Waals surface area contributed by atoms with Gasteiger partial charge in [0.2, 0.25) is 0 Å². The van der Waals surface area contributed by atoms with Crippen LogP contribution in [0.4, 0.5) is 11.4 Å². The van der Waals surface area contributed by atoms with Crippen LogP contribution in [0, 0.1) is 10.1 Å². The first kappa shape index (κ1) is 22.5. The van der Waals surface area contributed by atoms with E-state index in [0.717, 1.165) is 46.8 Å². The highest BCUT2D eigenvalue weighted by Gasteiger charge is 2.12. The number of aromatic nitrogens is 1. The molecule has 0 aliphatic heterocycles. The summed E-state index contributed by atoms with van der Waals surface area (Å²) in [7, 11) is 6.32. The summed E-state index contributed by atoms with van der Waals surface area (Å²) in [4.78, 5) is 22.6. The molecule has 7 heteroatoms. The molecule has 0 unspecified atom stereocenters. The van der Waals surface area contributed by atoms with Crippen LogP contribution >= 0.6 is 0 Å². The summed E-state index contributed by atoms with van der Waals surface area (Å²) in [5.74, 6) is -0.198. The number of aryl methyl sites for hydroxylation is 1. The Balaban J connectivity index is 1.36. The fourth-order valence-corrected chi connectivity index (χ4v) is 3.52. The number of rotatable bonds is 10. The number of fused-ring (bicyclic) bond motifs is 1. The number of nitrogens with zero attached hydrogens (tertiary/aromatic N) is 3. The third-order valence-corrected chi connectivity index (χ3v) is 5.33. The van der Waals surface area contributed by atoms with Crippen molar-refractivity contribution in [3.8, 4) is 0 Å². The number of quaternary nitrogens is 1. The van der Waals surface area contributed by atoms with E-state index in [9.17, 15) is 14.9 Å². The molecule has 1 aromatic heterocycles. The minimum Gasteiger partial charge on any atom is -0.465 e. The molecule has 3 aromatic rings. The highest BCUT2D eigenvalue weighted by atomic mass is 16.6. The zero-order chi connectivity index (χ0) is 22.4. The summed E-state index contributed by atoms with van der Waals surface area (Å²) in [6, 6.07) is 14.9. The molecule has 0 bridgehead atoms. The lowest BCUT2D eigenvalue weighted by Gasteiger charge is -2.23. The minimum absolute atomic E-state index is 0.108. The Kier molecular flexibility index (Phi) is 7.07. The van der Waals surface area contributed by atoms with Crippen LogP contribution in [0.15, 0.2) is 54.7 Å². The fraction of sp³-hybridized carbons (Fsp3) is 0.375. The summed E-state index contributed by atoms with van der Waals surface area (Å²) in [5.41, 5.74) is 3.25. The van der Waals surface area contributed by atoms with E-state index in [4.69, 9.17) is 4.74 Å². The number of non-ortho nitro benzene ring substituents is 1. The van der Waals surface area contributed by atoms with E-state index in [1.807, 2.05) is 36.5 Å². The van der Waals surface area contributed by atoms with Gasteiger partial charge in [0.25, 0.3) is 5.69 Å². The summed E-state index contributed by atoms with van der Waals surface area (Å²) in [5, 5.41) is 11.8. The van der Waals surface area contributed by atoms with Crippen LogP contribution < -0.4 is 4.48 Å². The Bertz CT molecular complexity index is 1050. The topological polar surface area (TPSA) is 74.4 Å². The van der Waals surface area contributed by atoms with E-state index in [2.05, 4.69) is 25.7 Å². The molecule has 0 amide bonds. The third kappa shape index (κ3) is 6.15. The van der Waals surface area contributed by atoms with Gasteiger partial charge in [-0.3, -0.25) is 19.4 Å². The van der Waals surface area contributed by atoms with Crippen molar-refractivity contribution in [2.45, 2.75) is 32.2 Å². The number of carbonyl (C=O) groups excluding carboxylic acids is 1. The van der Waals surface area contributed by atoms with Gasteiger partial charge in [-0.15, -0.1) is 0 Å². The number of benzene rings is 2. The van der Waals surface area contributed by atoms with Crippen LogP contribution in [0.3, 0.4) is 0 Å². The van der Waals surface area contributed by atoms with Crippen molar-refractivity contribution < 1.29 is 14.5 Å². The molecular weight excluding hydrogens is 394 g/mol. The van der Waals surface area contributed by atoms with Gasteiger partial charge < -0.3 is 9.30 Å². The lowest BCUT2D eigenvalue weighted by molar-refractivity contribution is -0.384. The standard InChI is InChI=1S/C24H30N3O4/c1-27(2,3)22-10-7-19(8-11-22)17-24(28)31-16-6-4-5-14-25-15-13-20-18-21(26(29)30)9-12-23(20)25/h7-13,15,18H,4-6,14,16-17H2,1-3H3/q+1. The van der Waals surface area contributed by atoms with Crippen LogP contribution in [-0.2, 0) is 22.5 Å². The Morgan fingerprint density at radius 3 is 2.45 bits per heavy atom. The second kappa shape index (κ2) is 9.75. The first-order chi connectivity index (χ1) is 14.7. The maximum absolute atomic E-state index is 12.1. The van der Waals surface area contributed by atoms with Gasteiger partial charge >= 0.3 is 5.97 Å². The predicted molar refractivity (Wildman–Crippen MR) is 123 cm³/mol. The van der Waals surface area contributed by atoms with Gasteiger partial charge in [0.05, 0.1) is 39.1 Å². The molecule has 31 heavy (non-hydrogen) atoms. The number of esters is 1. The van der Waals surface area contributed by atoms with Gasteiger partial charge in [0.15, 0.2) is 0 Å². The van der Waals surface area contributed by atoms with Crippen molar-refractivity contribution in [1.29, 1.82) is 0 Å². The average molecular weight is 425 g/mol. The van der Waals surface area contributed by atoms with E-state index >= 15 is 0 Å². The Morgan fingerprint density at radius 1 is 1.03 bits per heavy atom. The maximum atomic E-state index is 12.1. The van der Waals surface area contributed by atoms with E-state index in [0.29, 0.717) is 13.0 Å². The van der Waals surface area contributed by atoms with E-state index in [1.165, 1.54) is 11.8 Å². The van der Waals surface area contributed by atoms with Crippen molar-refractivity contribution in [3.63, 3.8) is 0 Å². The quantitative estimate of drug-likeness (QED) is 0.155. The van der Waals surface area contributed by atoms with Gasteiger partial charge in [-0.05, 0) is 49.1 Å². The molecule has 0 N–H and O–H groups in total. The van der Waals surface area contributed by atoms with Crippen molar-refractivity contribution in [3.05, 3.63) is 70.4 Å². The number of hydrogen-bond acceptors (Lipinski definition) is 4. The molecule has 0 fully saturated rings. The molecule has 0 aliphatic rings. The summed E-state index contributed by atoms with van der Waals surface area (Å²) < 4.78 is 8.21. The zero-order valence-electron chi connectivity index (χ0n) is 18.4. The van der Waals surface area contributed by atoms with Crippen LogP contribution in [0.2, 0.25) is 0 Å². The van der Waals surface area contributed by atoms with E-state index in [-0.39, 0.29) is 16.6 Å². The fourth-order valence-electron chi connectivity index (χ4n) is 3.52. The van der Waals surface area contributed by atoms with Crippen molar-refractivity contribution in [2.24, 2.45) is 0 Å². The number of carbonyl (C=O) groups is 1. The van der Waals surface area contributed by atoms with E-state index in [1.54, 1.807) is 12.1 Å². The SMILES string of the molecule is C[N+](C)(C)c1ccc(CC(=O)OCCCCCn2ccc3cc([N+](=O)[O-])ccc32)cc1. The molecule has 0 atom stereocenters. The minimum atomic E-state index is -0.377. The van der Waals surface area contributed by atoms with Gasteiger partial charge in [-0.1, -0.05) is 12.1 Å². The number of ether oxygens (including phenoxy) is 1. The molecule has 164 valence electrons. The van der Waals surface area contributed by atoms with Gasteiger partial charge in [0.1, 0.15) is 5.69 Å². The van der Waals surface area contributed by atoms with Crippen LogP contribution in [-0.4, -0.2) is 43.2 Å². The normalized spacial score (nSPS) is 11.6. The number of nitro groups is 1. The summed E-state index contributed by atoms with van der Waals surface area (Å²) in [6.07, 6.45) is 4.96. The highest BCUT2D eigenvalue weighted by Crippen LogP contribution is 2.22. The van der Waals surface area contributed by atoms with Crippen molar-refractivity contribution in [2.75, 3.05) is 27.7 Å². The molecular formula is C24H30N3O4+. The summed E-state index contributed by atoms with van der Waals surface area (Å²) in [6.45, 7) is 1.25. The summed E-state index contributed by atoms with van der Waals surface area (Å²) >= 11 is 0. The number of hydrogen-bond donors (Lipinski definition) is 0. The largest absolute Gasteiger partial charge is 0.465 e. The second-order valence-corrected chi connectivity index (χ2v) is 8.65. The Labute approximate surface area is 182 Å². The molecule has 2 aromatic carbocycles. The molecule has 3 rings (SSSR count). The molecule has 7 nitrogen and oxygen atoms in total. The monoisotopic (exact) mass is 424 g/mol. The van der Waals surface area contributed by atoms with Gasteiger partial charge in [-0.2, -0.15) is 0 Å². The lowest BCUT2D eigenvalue weighted by atomic mass is 10.1. The molecule has 0 radical (unpaired) electrons. The van der Waals surface area contributed by atoms with Gasteiger partial charge in [-0.25, -0.2) is 0 Å². The van der Waals surface area contributed by atoms with Crippen LogP contribution in [0.5, 0.6) is 0 Å². The first-order valence-corrected chi connectivity index (χ1v) is 10.5. The van der Waals surface area contributed by atoms with Crippen LogP contribution in [0.1, 0.15) is 24.8 Å². The van der Waals surface area contributed by atoms with Gasteiger partial charge in [0, 0.05) is 35.8 Å². The molecule has 0 aliphatic carbocycles. The average Bonchev–Trinajstić information content (AvgIpc) is 3.12. The molecule has 0 saturated heterocycles. The first-order valence-electron chi connectivity index (χ1n) is 10.5. The highest BCUT2D eigenvalue weighted by molar-refractivity contribution is 5.82. The Morgan fingerprint density at radius 2 is 1.77 bits per heavy atom. The smallest absolute Gasteiger partial charge is 0.310 e. The zero-order valence-corrected chi connectivity index (χ0v) is 18.4. The van der Waals surface area contributed by atoms with Crippen molar-refractivity contribution >= 4 is 28.2 Å². The molecule has 1 heterocycles. The second-order valence-electron chi connectivity index (χ2n) is 8.65. The molecule has 0 saturated carbocycles. The number of nitro benzene ring substituents is 1. The van der Waals surface area contributed by atoms with E-state index < -0.39 is 0 Å². The maximum Gasteiger partial charge on any atom is 0.310 e. The third-order valence-electron chi connectivity index (χ3n) is 5.33. The number of unbranched alkanes of at least 4 members (excludes halogenated alkanes) is 2. The Hall–Kier alpha value is -3.19. The van der Waals surface area contributed by atoms with Crippen LogP contribution in [0.25, 0.3) is 10.9 Å². The predicted octanol–water partition coefficient (Wildman–Crippen LogP) is 4.70.